The van der Waals surface area contributed by atoms with E-state index >= 15 is 0 Å². The number of fused-ring (bicyclic) bond motifs is 2. The van der Waals surface area contributed by atoms with Gasteiger partial charge in [-0.3, -0.25) is 4.79 Å². The molecule has 3 nitrogen and oxygen atoms in total. The second-order valence-electron chi connectivity index (χ2n) is 2.80. The highest BCUT2D eigenvalue weighted by atomic mass is 16.1. The van der Waals surface area contributed by atoms with Gasteiger partial charge in [0.15, 0.2) is 0 Å². The second kappa shape index (κ2) is 1.70. The topological polar surface area (TPSA) is 32.3 Å². The molecule has 2 atom stereocenters. The molecule has 0 aromatic heterocycles. The number of likely N-dealkylation sites (tertiary alicyclic amines) is 1. The van der Waals surface area contributed by atoms with Crippen molar-refractivity contribution in [3.8, 4) is 0 Å². The number of hydrogen-bond donors (Lipinski definition) is 1. The van der Waals surface area contributed by atoms with Crippen molar-refractivity contribution in [3.63, 3.8) is 0 Å². The van der Waals surface area contributed by atoms with E-state index in [1.165, 1.54) is 6.42 Å². The van der Waals surface area contributed by atoms with Crippen LogP contribution < -0.4 is 5.32 Å². The van der Waals surface area contributed by atoms with Crippen LogP contribution in [0.4, 0.5) is 0 Å². The number of rotatable bonds is 1. The maximum atomic E-state index is 10.3. The van der Waals surface area contributed by atoms with Gasteiger partial charge < -0.3 is 10.2 Å². The highest BCUT2D eigenvalue weighted by Crippen LogP contribution is 2.20. The minimum atomic E-state index is 0.507. The maximum Gasteiger partial charge on any atom is 0.210 e. The van der Waals surface area contributed by atoms with Gasteiger partial charge in [-0.1, -0.05) is 0 Å². The smallest absolute Gasteiger partial charge is 0.210 e. The summed E-state index contributed by atoms with van der Waals surface area (Å²) in [4.78, 5) is 12.2. The molecule has 0 unspecified atom stereocenters. The first-order chi connectivity index (χ1) is 4.40. The molecule has 0 aromatic rings. The van der Waals surface area contributed by atoms with Crippen LogP contribution in [-0.2, 0) is 4.79 Å². The third-order valence-corrected chi connectivity index (χ3v) is 2.23. The summed E-state index contributed by atoms with van der Waals surface area (Å²) in [6.45, 7) is 1.93. The Labute approximate surface area is 54.0 Å². The first-order valence-corrected chi connectivity index (χ1v) is 3.34. The fourth-order valence-corrected chi connectivity index (χ4v) is 1.72. The summed E-state index contributed by atoms with van der Waals surface area (Å²) >= 11 is 0. The first kappa shape index (κ1) is 5.23. The molecule has 1 N–H and O–H groups in total. The van der Waals surface area contributed by atoms with Crippen LogP contribution in [0.5, 0.6) is 0 Å². The number of piperazine rings is 1. The number of nitrogens with zero attached hydrogens (tertiary/aromatic N) is 1. The van der Waals surface area contributed by atoms with Crippen molar-refractivity contribution in [2.24, 2.45) is 0 Å². The van der Waals surface area contributed by atoms with E-state index in [1.807, 2.05) is 4.90 Å². The Balaban J connectivity index is 2.09. The molecular formula is C6H10N2O. The van der Waals surface area contributed by atoms with E-state index in [1.54, 1.807) is 0 Å². The molecule has 2 aliphatic rings. The van der Waals surface area contributed by atoms with Gasteiger partial charge in [0.25, 0.3) is 0 Å². The van der Waals surface area contributed by atoms with Gasteiger partial charge in [0.05, 0.1) is 0 Å². The summed E-state index contributed by atoms with van der Waals surface area (Å²) in [6, 6.07) is 1.10. The molecule has 0 saturated carbocycles. The summed E-state index contributed by atoms with van der Waals surface area (Å²) in [6.07, 6.45) is 2.13. The number of carbonyl (C=O) groups is 1. The van der Waals surface area contributed by atoms with Crippen LogP contribution in [0, 0.1) is 0 Å². The van der Waals surface area contributed by atoms with Crippen molar-refractivity contribution in [1.29, 1.82) is 0 Å². The second-order valence-corrected chi connectivity index (χ2v) is 2.80. The molecule has 2 saturated heterocycles. The van der Waals surface area contributed by atoms with Gasteiger partial charge in [-0.2, -0.15) is 0 Å². The zero-order valence-electron chi connectivity index (χ0n) is 5.21. The van der Waals surface area contributed by atoms with Gasteiger partial charge in [0.2, 0.25) is 6.41 Å². The fraction of sp³-hybridized carbons (Fsp3) is 0.833. The Kier molecular flexibility index (Phi) is 0.990. The molecule has 2 rings (SSSR count). The van der Waals surface area contributed by atoms with Crippen molar-refractivity contribution in [2.45, 2.75) is 18.5 Å². The molecule has 1 amide bonds. The van der Waals surface area contributed by atoms with E-state index in [0.717, 1.165) is 19.5 Å². The maximum absolute atomic E-state index is 10.3. The third kappa shape index (κ3) is 0.645. The Morgan fingerprint density at radius 2 is 2.56 bits per heavy atom. The van der Waals surface area contributed by atoms with E-state index in [9.17, 15) is 4.79 Å². The number of nitrogens with one attached hydrogen (secondary N) is 1. The lowest BCUT2D eigenvalue weighted by atomic mass is 10.2. The van der Waals surface area contributed by atoms with Crippen LogP contribution in [0.25, 0.3) is 0 Å². The molecule has 3 heteroatoms. The standard InChI is InChI=1S/C6H10N2O/c9-4-8-3-5-1-6(8)2-7-5/h4-7H,1-3H2/t5-,6-/m1/s1. The van der Waals surface area contributed by atoms with Gasteiger partial charge >= 0.3 is 0 Å². The first-order valence-electron chi connectivity index (χ1n) is 3.34. The third-order valence-electron chi connectivity index (χ3n) is 2.23. The van der Waals surface area contributed by atoms with Crippen LogP contribution in [0.1, 0.15) is 6.42 Å². The SMILES string of the molecule is O=CN1C[C@H]2C[C@@H]1CN2. The summed E-state index contributed by atoms with van der Waals surface area (Å²) < 4.78 is 0. The van der Waals surface area contributed by atoms with Gasteiger partial charge in [0, 0.05) is 25.2 Å². The zero-order valence-corrected chi connectivity index (χ0v) is 5.21. The summed E-state index contributed by atoms with van der Waals surface area (Å²) in [5, 5.41) is 3.32. The summed E-state index contributed by atoms with van der Waals surface area (Å²) in [5.74, 6) is 0. The van der Waals surface area contributed by atoms with Gasteiger partial charge in [-0.05, 0) is 6.42 Å². The van der Waals surface area contributed by atoms with Crippen molar-refractivity contribution in [1.82, 2.24) is 10.2 Å². The molecule has 2 heterocycles. The van der Waals surface area contributed by atoms with Crippen molar-refractivity contribution < 1.29 is 4.79 Å². The zero-order chi connectivity index (χ0) is 6.27. The molecule has 0 aliphatic carbocycles. The van der Waals surface area contributed by atoms with Gasteiger partial charge in [-0.15, -0.1) is 0 Å². The van der Waals surface area contributed by atoms with Crippen LogP contribution in [-0.4, -0.2) is 36.5 Å². The number of hydrogen-bond acceptors (Lipinski definition) is 2. The Bertz CT molecular complexity index is 137. The van der Waals surface area contributed by atoms with Crippen LogP contribution in [0.15, 0.2) is 0 Å². The largest absolute Gasteiger partial charge is 0.339 e. The van der Waals surface area contributed by atoms with Crippen LogP contribution in [0.3, 0.4) is 0 Å². The van der Waals surface area contributed by atoms with Crippen LogP contribution >= 0.6 is 0 Å². The molecule has 0 radical (unpaired) electrons. The molecule has 9 heavy (non-hydrogen) atoms. The monoisotopic (exact) mass is 126 g/mol. The molecule has 50 valence electrons. The van der Waals surface area contributed by atoms with Crippen molar-refractivity contribution in [2.75, 3.05) is 13.1 Å². The highest BCUT2D eigenvalue weighted by Gasteiger charge is 2.36. The Morgan fingerprint density at radius 1 is 1.67 bits per heavy atom. The quantitative estimate of drug-likeness (QED) is 0.466. The lowest BCUT2D eigenvalue weighted by Crippen LogP contribution is -2.42. The van der Waals surface area contributed by atoms with E-state index in [0.29, 0.717) is 12.1 Å². The van der Waals surface area contributed by atoms with E-state index < -0.39 is 0 Å². The average molecular weight is 126 g/mol. The molecule has 2 aliphatic heterocycles. The lowest BCUT2D eigenvalue weighted by Gasteiger charge is -2.22. The lowest BCUT2D eigenvalue weighted by molar-refractivity contribution is -0.119. The van der Waals surface area contributed by atoms with Gasteiger partial charge in [0.1, 0.15) is 0 Å². The molecule has 0 spiro atoms. The van der Waals surface area contributed by atoms with E-state index in [4.69, 9.17) is 0 Å². The van der Waals surface area contributed by atoms with Crippen LogP contribution in [0.2, 0.25) is 0 Å². The predicted molar refractivity (Wildman–Crippen MR) is 33.0 cm³/mol. The average Bonchev–Trinajstić information content (AvgIpc) is 2.45. The van der Waals surface area contributed by atoms with Gasteiger partial charge in [-0.25, -0.2) is 0 Å². The Morgan fingerprint density at radius 3 is 2.89 bits per heavy atom. The normalized spacial score (nSPS) is 39.8. The minimum Gasteiger partial charge on any atom is -0.339 e. The minimum absolute atomic E-state index is 0.507. The van der Waals surface area contributed by atoms with Crippen molar-refractivity contribution >= 4 is 6.41 Å². The predicted octanol–water partition coefficient (Wildman–Crippen LogP) is -0.811. The highest BCUT2D eigenvalue weighted by molar-refractivity contribution is 5.49. The molecule has 2 fully saturated rings. The fourth-order valence-electron chi connectivity index (χ4n) is 1.72. The molecule has 0 aromatic carbocycles. The number of amides is 1. The Hall–Kier alpha value is -0.570. The van der Waals surface area contributed by atoms with E-state index in [2.05, 4.69) is 5.32 Å². The summed E-state index contributed by atoms with van der Waals surface area (Å²) in [7, 11) is 0. The molecular weight excluding hydrogens is 116 g/mol. The molecule has 2 bridgehead atoms. The van der Waals surface area contributed by atoms with E-state index in [-0.39, 0.29) is 0 Å². The number of carbonyl (C=O) groups excluding carboxylic acids is 1. The van der Waals surface area contributed by atoms with Crippen molar-refractivity contribution in [3.05, 3.63) is 0 Å². The summed E-state index contributed by atoms with van der Waals surface area (Å²) in [5.41, 5.74) is 0.